The summed E-state index contributed by atoms with van der Waals surface area (Å²) >= 11 is 0. The molecular weight excluding hydrogens is 238 g/mol. The van der Waals surface area contributed by atoms with Gasteiger partial charge in [-0.15, -0.1) is 0 Å². The van der Waals surface area contributed by atoms with Crippen LogP contribution in [-0.4, -0.2) is 33.4 Å². The number of aromatic nitrogens is 2. The van der Waals surface area contributed by atoms with E-state index in [1.165, 1.54) is 32.1 Å². The van der Waals surface area contributed by atoms with Crippen molar-refractivity contribution in [1.82, 2.24) is 14.9 Å². The van der Waals surface area contributed by atoms with Gasteiger partial charge in [0.2, 0.25) is 0 Å². The molecule has 1 aromatic heterocycles. The van der Waals surface area contributed by atoms with E-state index in [1.807, 2.05) is 6.92 Å². The van der Waals surface area contributed by atoms with Gasteiger partial charge in [0.15, 0.2) is 0 Å². The molecule has 1 amide bonds. The molecule has 1 saturated heterocycles. The number of nitrogens with zero attached hydrogens (tertiary/aromatic N) is 3. The van der Waals surface area contributed by atoms with Crippen molar-refractivity contribution in [2.75, 3.05) is 6.54 Å². The van der Waals surface area contributed by atoms with Crippen molar-refractivity contribution in [2.24, 2.45) is 5.92 Å². The second-order valence-corrected chi connectivity index (χ2v) is 5.74. The maximum absolute atomic E-state index is 12.6. The van der Waals surface area contributed by atoms with Gasteiger partial charge in [0.25, 0.3) is 5.91 Å². The Balaban J connectivity index is 1.82. The summed E-state index contributed by atoms with van der Waals surface area (Å²) in [4.78, 5) is 23.1. The Labute approximate surface area is 114 Å². The van der Waals surface area contributed by atoms with Crippen LogP contribution in [0.2, 0.25) is 0 Å². The predicted molar refractivity (Wildman–Crippen MR) is 72.8 cm³/mol. The molecule has 19 heavy (non-hydrogen) atoms. The number of hydrogen-bond acceptors (Lipinski definition) is 3. The highest BCUT2D eigenvalue weighted by Crippen LogP contribution is 2.35. The van der Waals surface area contributed by atoms with Crippen LogP contribution in [0.15, 0.2) is 12.3 Å². The van der Waals surface area contributed by atoms with E-state index in [9.17, 15) is 4.79 Å². The molecule has 2 heterocycles. The van der Waals surface area contributed by atoms with Crippen molar-refractivity contribution in [1.29, 1.82) is 0 Å². The second-order valence-electron chi connectivity index (χ2n) is 5.74. The maximum Gasteiger partial charge on any atom is 0.272 e. The van der Waals surface area contributed by atoms with Crippen LogP contribution in [0.5, 0.6) is 0 Å². The van der Waals surface area contributed by atoms with E-state index in [1.54, 1.807) is 12.3 Å². The Morgan fingerprint density at radius 2 is 2.05 bits per heavy atom. The molecule has 3 rings (SSSR count). The molecule has 0 spiro atoms. The Morgan fingerprint density at radius 1 is 1.26 bits per heavy atom. The summed E-state index contributed by atoms with van der Waals surface area (Å²) in [5, 5.41) is 0. The minimum absolute atomic E-state index is 0.0992. The molecule has 0 unspecified atom stereocenters. The van der Waals surface area contributed by atoms with E-state index < -0.39 is 0 Å². The average Bonchev–Trinajstić information content (AvgIpc) is 2.46. The number of rotatable bonds is 1. The third-order valence-corrected chi connectivity index (χ3v) is 4.50. The van der Waals surface area contributed by atoms with E-state index in [0.29, 0.717) is 17.6 Å². The van der Waals surface area contributed by atoms with Crippen LogP contribution in [0.25, 0.3) is 0 Å². The zero-order valence-electron chi connectivity index (χ0n) is 11.5. The molecule has 0 aromatic carbocycles. The number of carbonyl (C=O) groups excluding carboxylic acids is 1. The molecule has 1 saturated carbocycles. The van der Waals surface area contributed by atoms with Gasteiger partial charge in [-0.3, -0.25) is 4.79 Å². The van der Waals surface area contributed by atoms with E-state index in [4.69, 9.17) is 0 Å². The van der Waals surface area contributed by atoms with Crippen LogP contribution >= 0.6 is 0 Å². The van der Waals surface area contributed by atoms with Gasteiger partial charge >= 0.3 is 0 Å². The molecule has 1 aliphatic carbocycles. The minimum Gasteiger partial charge on any atom is -0.334 e. The molecule has 0 radical (unpaired) electrons. The van der Waals surface area contributed by atoms with E-state index in [2.05, 4.69) is 14.9 Å². The number of fused-ring (bicyclic) bond motifs is 1. The molecule has 2 fully saturated rings. The first kappa shape index (κ1) is 12.6. The summed E-state index contributed by atoms with van der Waals surface area (Å²) in [6.45, 7) is 2.72. The first-order valence-corrected chi connectivity index (χ1v) is 7.36. The second kappa shape index (κ2) is 5.27. The third-order valence-electron chi connectivity index (χ3n) is 4.50. The summed E-state index contributed by atoms with van der Waals surface area (Å²) in [7, 11) is 0. The van der Waals surface area contributed by atoms with Crippen molar-refractivity contribution < 1.29 is 4.79 Å². The van der Waals surface area contributed by atoms with Crippen molar-refractivity contribution >= 4 is 5.91 Å². The van der Waals surface area contributed by atoms with Crippen molar-refractivity contribution in [3.63, 3.8) is 0 Å². The summed E-state index contributed by atoms with van der Waals surface area (Å²) < 4.78 is 0. The fourth-order valence-electron chi connectivity index (χ4n) is 3.60. The fourth-order valence-corrected chi connectivity index (χ4v) is 3.60. The normalized spacial score (nSPS) is 26.9. The standard InChI is InChI=1S/C15H21N3O/c1-11-16-9-8-13(17-11)15(19)18-10-4-6-12-5-2-3-7-14(12)18/h8-9,12,14H,2-7,10H2,1H3/t12-,14+/m0/s1. The molecular formula is C15H21N3O. The number of piperidine rings is 1. The Morgan fingerprint density at radius 3 is 2.89 bits per heavy atom. The van der Waals surface area contributed by atoms with Crippen LogP contribution in [0.4, 0.5) is 0 Å². The van der Waals surface area contributed by atoms with Crippen LogP contribution in [0.3, 0.4) is 0 Å². The van der Waals surface area contributed by atoms with Crippen LogP contribution in [-0.2, 0) is 0 Å². The first-order valence-electron chi connectivity index (χ1n) is 7.36. The Hall–Kier alpha value is -1.45. The van der Waals surface area contributed by atoms with Gasteiger partial charge in [-0.2, -0.15) is 0 Å². The molecule has 0 bridgehead atoms. The van der Waals surface area contributed by atoms with Gasteiger partial charge in [0.05, 0.1) is 0 Å². The van der Waals surface area contributed by atoms with Crippen LogP contribution in [0, 0.1) is 12.8 Å². The molecule has 2 aliphatic rings. The monoisotopic (exact) mass is 259 g/mol. The molecule has 0 N–H and O–H groups in total. The Bertz CT molecular complexity index is 472. The van der Waals surface area contributed by atoms with Crippen molar-refractivity contribution in [2.45, 2.75) is 51.5 Å². The summed E-state index contributed by atoms with van der Waals surface area (Å²) in [6, 6.07) is 2.19. The predicted octanol–water partition coefficient (Wildman–Crippen LogP) is 2.58. The molecule has 2 atom stereocenters. The fraction of sp³-hybridized carbons (Fsp3) is 0.667. The van der Waals surface area contributed by atoms with Crippen molar-refractivity contribution in [3.05, 3.63) is 23.8 Å². The lowest BCUT2D eigenvalue weighted by molar-refractivity contribution is 0.0385. The highest BCUT2D eigenvalue weighted by molar-refractivity contribution is 5.92. The minimum atomic E-state index is 0.0992. The van der Waals surface area contributed by atoms with Gasteiger partial charge in [0, 0.05) is 18.8 Å². The molecule has 4 nitrogen and oxygen atoms in total. The molecule has 1 aliphatic heterocycles. The number of likely N-dealkylation sites (tertiary alicyclic amines) is 1. The quantitative estimate of drug-likeness (QED) is 0.778. The van der Waals surface area contributed by atoms with E-state index in [0.717, 1.165) is 18.9 Å². The molecule has 1 aromatic rings. The molecule has 102 valence electrons. The summed E-state index contributed by atoms with van der Waals surface area (Å²) in [5.74, 6) is 1.49. The average molecular weight is 259 g/mol. The van der Waals surface area contributed by atoms with Gasteiger partial charge in [-0.25, -0.2) is 9.97 Å². The van der Waals surface area contributed by atoms with Gasteiger partial charge in [0.1, 0.15) is 11.5 Å². The van der Waals surface area contributed by atoms with Crippen LogP contribution in [0.1, 0.15) is 54.8 Å². The lowest BCUT2D eigenvalue weighted by Crippen LogP contribution is -2.49. The zero-order chi connectivity index (χ0) is 13.2. The van der Waals surface area contributed by atoms with Crippen LogP contribution < -0.4 is 0 Å². The van der Waals surface area contributed by atoms with Gasteiger partial charge < -0.3 is 4.90 Å². The smallest absolute Gasteiger partial charge is 0.272 e. The lowest BCUT2D eigenvalue weighted by atomic mass is 9.78. The Kier molecular flexibility index (Phi) is 3.49. The summed E-state index contributed by atoms with van der Waals surface area (Å²) in [6.07, 6.45) is 9.15. The van der Waals surface area contributed by atoms with Gasteiger partial charge in [-0.1, -0.05) is 12.8 Å². The SMILES string of the molecule is Cc1nccc(C(=O)N2CCC[C@@H]3CCCC[C@H]32)n1. The topological polar surface area (TPSA) is 46.1 Å². The highest BCUT2D eigenvalue weighted by atomic mass is 16.2. The zero-order valence-corrected chi connectivity index (χ0v) is 11.5. The van der Waals surface area contributed by atoms with E-state index >= 15 is 0 Å². The van der Waals surface area contributed by atoms with Crippen molar-refractivity contribution in [3.8, 4) is 0 Å². The maximum atomic E-state index is 12.6. The van der Waals surface area contributed by atoms with E-state index in [-0.39, 0.29) is 5.91 Å². The lowest BCUT2D eigenvalue weighted by Gasteiger charge is -2.44. The molecule has 4 heteroatoms. The first-order chi connectivity index (χ1) is 9.25. The number of carbonyl (C=O) groups is 1. The third kappa shape index (κ3) is 2.48. The largest absolute Gasteiger partial charge is 0.334 e. The number of aryl methyl sites for hydroxylation is 1. The number of hydrogen-bond donors (Lipinski definition) is 0. The number of amides is 1. The van der Waals surface area contributed by atoms with Gasteiger partial charge in [-0.05, 0) is 44.6 Å². The highest BCUT2D eigenvalue weighted by Gasteiger charge is 2.36. The summed E-state index contributed by atoms with van der Waals surface area (Å²) in [5.41, 5.74) is 0.554.